The first-order valence-electron chi connectivity index (χ1n) is 6.29. The predicted molar refractivity (Wildman–Crippen MR) is 70.0 cm³/mol. The highest BCUT2D eigenvalue weighted by molar-refractivity contribution is 7.91. The minimum atomic E-state index is -2.80. The van der Waals surface area contributed by atoms with Crippen LogP contribution in [-0.2, 0) is 22.9 Å². The molecular weight excluding hydrogens is 252 g/mol. The van der Waals surface area contributed by atoms with Crippen LogP contribution in [0.15, 0.2) is 16.7 Å². The van der Waals surface area contributed by atoms with E-state index < -0.39 is 9.84 Å². The second kappa shape index (κ2) is 5.86. The third kappa shape index (κ3) is 3.57. The summed E-state index contributed by atoms with van der Waals surface area (Å²) >= 11 is 0. The number of nitrogens with zero attached hydrogens (tertiary/aromatic N) is 1. The van der Waals surface area contributed by atoms with E-state index in [1.165, 1.54) is 0 Å². The molecule has 0 saturated carbocycles. The normalized spacial score (nSPS) is 20.1. The summed E-state index contributed by atoms with van der Waals surface area (Å²) in [6.45, 7) is 5.69. The Morgan fingerprint density at radius 3 is 2.78 bits per heavy atom. The lowest BCUT2D eigenvalue weighted by atomic mass is 10.2. The summed E-state index contributed by atoms with van der Waals surface area (Å²) in [5.41, 5.74) is 1.16. The van der Waals surface area contributed by atoms with Crippen molar-refractivity contribution in [2.75, 3.05) is 31.1 Å². The van der Waals surface area contributed by atoms with Crippen LogP contribution in [0.4, 0.5) is 0 Å². The van der Waals surface area contributed by atoms with Crippen molar-refractivity contribution < 1.29 is 12.8 Å². The quantitative estimate of drug-likeness (QED) is 0.851. The summed E-state index contributed by atoms with van der Waals surface area (Å²) in [6.07, 6.45) is 1.70. The highest BCUT2D eigenvalue weighted by atomic mass is 32.2. The molecule has 1 aliphatic heterocycles. The second-order valence-corrected chi connectivity index (χ2v) is 6.88. The fourth-order valence-electron chi connectivity index (χ4n) is 2.03. The van der Waals surface area contributed by atoms with E-state index in [-0.39, 0.29) is 11.5 Å². The average molecular weight is 272 g/mol. The largest absolute Gasteiger partial charge is 0.468 e. The zero-order valence-electron chi connectivity index (χ0n) is 10.7. The van der Waals surface area contributed by atoms with E-state index in [2.05, 4.69) is 17.1 Å². The summed E-state index contributed by atoms with van der Waals surface area (Å²) in [5, 5.41) is 3.27. The Morgan fingerprint density at radius 2 is 2.11 bits per heavy atom. The van der Waals surface area contributed by atoms with Gasteiger partial charge in [0.2, 0.25) is 0 Å². The minimum absolute atomic E-state index is 0.260. The fourth-order valence-corrected chi connectivity index (χ4v) is 3.31. The SMILES string of the molecule is CCNCc1ccoc1CN1CCS(=O)(=O)CC1. The number of hydrogen-bond acceptors (Lipinski definition) is 5. The molecule has 102 valence electrons. The lowest BCUT2D eigenvalue weighted by Crippen LogP contribution is -2.39. The van der Waals surface area contributed by atoms with Gasteiger partial charge in [-0.15, -0.1) is 0 Å². The van der Waals surface area contributed by atoms with Gasteiger partial charge in [0.1, 0.15) is 5.76 Å². The molecule has 0 bridgehead atoms. The van der Waals surface area contributed by atoms with Gasteiger partial charge in [-0.2, -0.15) is 0 Å². The van der Waals surface area contributed by atoms with Gasteiger partial charge in [0.25, 0.3) is 0 Å². The second-order valence-electron chi connectivity index (χ2n) is 4.58. The van der Waals surface area contributed by atoms with E-state index >= 15 is 0 Å². The van der Waals surface area contributed by atoms with Gasteiger partial charge < -0.3 is 9.73 Å². The third-order valence-corrected chi connectivity index (χ3v) is 4.82. The Morgan fingerprint density at radius 1 is 1.39 bits per heavy atom. The summed E-state index contributed by atoms with van der Waals surface area (Å²) in [6, 6.07) is 1.97. The molecule has 2 rings (SSSR count). The molecular formula is C12H20N2O3S. The molecule has 1 fully saturated rings. The van der Waals surface area contributed by atoms with Crippen LogP contribution in [0.5, 0.6) is 0 Å². The molecule has 2 heterocycles. The standard InChI is InChI=1S/C12H20N2O3S/c1-2-13-9-11-3-6-17-12(11)10-14-4-7-18(15,16)8-5-14/h3,6,13H,2,4-5,7-10H2,1H3. The van der Waals surface area contributed by atoms with Crippen molar-refractivity contribution in [2.45, 2.75) is 20.0 Å². The topological polar surface area (TPSA) is 62.6 Å². The Balaban J connectivity index is 1.92. The molecule has 1 saturated heterocycles. The number of rotatable bonds is 5. The first-order valence-corrected chi connectivity index (χ1v) is 8.11. The van der Waals surface area contributed by atoms with E-state index in [0.717, 1.165) is 24.4 Å². The van der Waals surface area contributed by atoms with Crippen LogP contribution in [0.2, 0.25) is 0 Å². The van der Waals surface area contributed by atoms with Crippen LogP contribution in [0.1, 0.15) is 18.2 Å². The lowest BCUT2D eigenvalue weighted by Gasteiger charge is -2.25. The smallest absolute Gasteiger partial charge is 0.152 e. The van der Waals surface area contributed by atoms with Gasteiger partial charge in [-0.1, -0.05) is 6.92 Å². The van der Waals surface area contributed by atoms with Crippen LogP contribution in [0.3, 0.4) is 0 Å². The highest BCUT2D eigenvalue weighted by Crippen LogP contribution is 2.15. The minimum Gasteiger partial charge on any atom is -0.468 e. The molecule has 6 heteroatoms. The molecule has 5 nitrogen and oxygen atoms in total. The highest BCUT2D eigenvalue weighted by Gasteiger charge is 2.22. The van der Waals surface area contributed by atoms with Crippen molar-refractivity contribution in [2.24, 2.45) is 0 Å². The number of nitrogens with one attached hydrogen (secondary N) is 1. The van der Waals surface area contributed by atoms with Gasteiger partial charge in [-0.25, -0.2) is 8.42 Å². The van der Waals surface area contributed by atoms with Crippen molar-refractivity contribution in [3.05, 3.63) is 23.7 Å². The average Bonchev–Trinajstić information content (AvgIpc) is 2.77. The summed E-state index contributed by atoms with van der Waals surface area (Å²) in [7, 11) is -2.80. The Hall–Kier alpha value is -0.850. The van der Waals surface area contributed by atoms with Crippen molar-refractivity contribution in [1.29, 1.82) is 0 Å². The Labute approximate surface area is 108 Å². The maximum atomic E-state index is 11.3. The maximum Gasteiger partial charge on any atom is 0.152 e. The summed E-state index contributed by atoms with van der Waals surface area (Å²) in [5.74, 6) is 1.46. The summed E-state index contributed by atoms with van der Waals surface area (Å²) < 4.78 is 28.2. The molecule has 0 amide bonds. The number of hydrogen-bond donors (Lipinski definition) is 1. The van der Waals surface area contributed by atoms with Gasteiger partial charge in [-0.3, -0.25) is 4.90 Å². The third-order valence-electron chi connectivity index (χ3n) is 3.21. The summed E-state index contributed by atoms with van der Waals surface area (Å²) in [4.78, 5) is 2.13. The first kappa shape index (κ1) is 13.6. The van der Waals surface area contributed by atoms with Crippen LogP contribution >= 0.6 is 0 Å². The predicted octanol–water partition coefficient (Wildman–Crippen LogP) is 0.620. The van der Waals surface area contributed by atoms with E-state index in [1.54, 1.807) is 6.26 Å². The van der Waals surface area contributed by atoms with Crippen molar-refractivity contribution in [1.82, 2.24) is 10.2 Å². The molecule has 1 aromatic heterocycles. The van der Waals surface area contributed by atoms with Crippen molar-refractivity contribution in [3.63, 3.8) is 0 Å². The molecule has 1 aromatic rings. The molecule has 1 N–H and O–H groups in total. The lowest BCUT2D eigenvalue weighted by molar-refractivity contribution is 0.261. The van der Waals surface area contributed by atoms with Crippen molar-refractivity contribution >= 4 is 9.84 Å². The Bertz CT molecular complexity index is 467. The molecule has 0 atom stereocenters. The monoisotopic (exact) mass is 272 g/mol. The molecule has 0 aromatic carbocycles. The van der Waals surface area contributed by atoms with Gasteiger partial charge in [0.05, 0.1) is 24.3 Å². The van der Waals surface area contributed by atoms with E-state index in [0.29, 0.717) is 19.6 Å². The zero-order valence-corrected chi connectivity index (χ0v) is 11.5. The first-order chi connectivity index (χ1) is 8.61. The van der Waals surface area contributed by atoms with Crippen LogP contribution < -0.4 is 5.32 Å². The van der Waals surface area contributed by atoms with Gasteiger partial charge >= 0.3 is 0 Å². The molecule has 1 aliphatic rings. The van der Waals surface area contributed by atoms with E-state index in [1.807, 2.05) is 6.07 Å². The van der Waals surface area contributed by atoms with Crippen LogP contribution in [-0.4, -0.2) is 44.5 Å². The number of furan rings is 1. The molecule has 18 heavy (non-hydrogen) atoms. The molecule has 0 unspecified atom stereocenters. The molecule has 0 radical (unpaired) electrons. The van der Waals surface area contributed by atoms with Crippen LogP contribution in [0.25, 0.3) is 0 Å². The van der Waals surface area contributed by atoms with E-state index in [9.17, 15) is 8.42 Å². The molecule has 0 aliphatic carbocycles. The molecule has 0 spiro atoms. The maximum absolute atomic E-state index is 11.3. The van der Waals surface area contributed by atoms with Gasteiger partial charge in [-0.05, 0) is 12.6 Å². The zero-order chi connectivity index (χ0) is 13.0. The van der Waals surface area contributed by atoms with Gasteiger partial charge in [0, 0.05) is 25.2 Å². The van der Waals surface area contributed by atoms with Crippen molar-refractivity contribution in [3.8, 4) is 0 Å². The fraction of sp³-hybridized carbons (Fsp3) is 0.667. The van der Waals surface area contributed by atoms with E-state index in [4.69, 9.17) is 4.42 Å². The van der Waals surface area contributed by atoms with Crippen LogP contribution in [0, 0.1) is 0 Å². The Kier molecular flexibility index (Phi) is 4.42. The number of sulfone groups is 1. The van der Waals surface area contributed by atoms with Gasteiger partial charge in [0.15, 0.2) is 9.84 Å².